The van der Waals surface area contributed by atoms with Gasteiger partial charge in [-0.2, -0.15) is 0 Å². The molecule has 1 fully saturated rings. The van der Waals surface area contributed by atoms with Gasteiger partial charge in [-0.25, -0.2) is 4.57 Å². The molecule has 0 heterocycles. The lowest BCUT2D eigenvalue weighted by atomic mass is 9.85. The average Bonchev–Trinajstić information content (AvgIpc) is 3.25. The summed E-state index contributed by atoms with van der Waals surface area (Å²) >= 11 is 0. The molecule has 364 valence electrons. The van der Waals surface area contributed by atoms with Crippen molar-refractivity contribution in [1.82, 2.24) is 0 Å². The maximum atomic E-state index is 12.8. The Kier molecular flexibility index (Phi) is 36.3. The normalized spacial score (nSPS) is 22.0. The molecule has 0 spiro atoms. The van der Waals surface area contributed by atoms with E-state index >= 15 is 0 Å². The number of rotatable bonds is 41. The van der Waals surface area contributed by atoms with Crippen LogP contribution in [0.3, 0.4) is 0 Å². The van der Waals surface area contributed by atoms with Crippen molar-refractivity contribution in [2.24, 2.45) is 0 Å². The van der Waals surface area contributed by atoms with E-state index < -0.39 is 75.7 Å². The second-order valence-corrected chi connectivity index (χ2v) is 18.7. The molecule has 6 unspecified atom stereocenters. The Labute approximate surface area is 375 Å². The minimum atomic E-state index is -5.12. The Morgan fingerprint density at radius 2 is 0.871 bits per heavy atom. The van der Waals surface area contributed by atoms with Crippen molar-refractivity contribution in [3.63, 3.8) is 0 Å². The highest BCUT2D eigenvalue weighted by atomic mass is 31.2. The van der Waals surface area contributed by atoms with Crippen molar-refractivity contribution < 1.29 is 63.1 Å². The average molecular weight is 905 g/mol. The lowest BCUT2D eigenvalue weighted by Crippen LogP contribution is -2.64. The van der Waals surface area contributed by atoms with Gasteiger partial charge in [0.15, 0.2) is 6.10 Å². The molecule has 1 saturated carbocycles. The van der Waals surface area contributed by atoms with Gasteiger partial charge in [-0.15, -0.1) is 0 Å². The van der Waals surface area contributed by atoms with E-state index in [0.717, 1.165) is 44.9 Å². The molecule has 13 nitrogen and oxygen atoms in total. The third kappa shape index (κ3) is 30.5. The second kappa shape index (κ2) is 38.6. The quantitative estimate of drug-likeness (QED) is 0.0146. The molecule has 1 aliphatic carbocycles. The molecule has 0 amide bonds. The van der Waals surface area contributed by atoms with Crippen molar-refractivity contribution in [3.05, 3.63) is 24.3 Å². The van der Waals surface area contributed by atoms with E-state index in [0.29, 0.717) is 12.8 Å². The fraction of sp³-hybridized carbons (Fsp3) is 0.875. The smallest absolute Gasteiger partial charge is 0.462 e. The molecule has 0 aromatic carbocycles. The molecular weight excluding hydrogens is 815 g/mol. The van der Waals surface area contributed by atoms with Crippen LogP contribution < -0.4 is 0 Å². The Bertz CT molecular complexity index is 1180. The first-order valence-corrected chi connectivity index (χ1v) is 26.1. The van der Waals surface area contributed by atoms with Gasteiger partial charge < -0.3 is 39.9 Å². The molecule has 0 radical (unpaired) electrons. The summed E-state index contributed by atoms with van der Waals surface area (Å²) in [6.45, 7) is 3.29. The molecule has 14 heteroatoms. The highest BCUT2D eigenvalue weighted by molar-refractivity contribution is 7.47. The van der Waals surface area contributed by atoms with Gasteiger partial charge in [-0.05, 0) is 44.9 Å². The summed E-state index contributed by atoms with van der Waals surface area (Å²) < 4.78 is 33.5. The molecule has 0 saturated heterocycles. The van der Waals surface area contributed by atoms with Crippen LogP contribution in [0.2, 0.25) is 0 Å². The van der Waals surface area contributed by atoms with Crippen LogP contribution in [0.5, 0.6) is 0 Å². The van der Waals surface area contributed by atoms with Gasteiger partial charge in [0.1, 0.15) is 43.2 Å². The Balaban J connectivity index is 2.43. The van der Waals surface area contributed by atoms with Gasteiger partial charge in [-0.1, -0.05) is 179 Å². The molecule has 1 aliphatic rings. The number of allylic oxidation sites excluding steroid dienone is 4. The summed E-state index contributed by atoms with van der Waals surface area (Å²) in [4.78, 5) is 35.7. The molecule has 1 rings (SSSR count). The van der Waals surface area contributed by atoms with Crippen molar-refractivity contribution in [2.75, 3.05) is 13.2 Å². The zero-order valence-electron chi connectivity index (χ0n) is 38.7. The maximum Gasteiger partial charge on any atom is 0.472 e. The predicted octanol–water partition coefficient (Wildman–Crippen LogP) is 10.0. The number of hydrogen-bond donors (Lipinski definition) is 6. The minimum Gasteiger partial charge on any atom is -0.462 e. The Morgan fingerprint density at radius 1 is 0.500 bits per heavy atom. The molecule has 62 heavy (non-hydrogen) atoms. The topological polar surface area (TPSA) is 210 Å². The number of aliphatic hydroxyl groups is 5. The number of hydrogen-bond acceptors (Lipinski definition) is 12. The van der Waals surface area contributed by atoms with E-state index in [2.05, 4.69) is 38.2 Å². The standard InChI is InChI=1S/C48H89O13P/c1-3-5-7-9-11-13-15-17-19-20-21-23-24-26-28-30-32-34-36-41(49)58-38-40(39-59-62(56,57)61-48-46(54)44(52)43(51)45(53)47(48)55)60-42(50)37-35-33-31-29-27-25-22-18-16-14-12-10-8-6-4-2/h18,22,27,29,40,43-48,51-55H,3-17,19-21,23-26,28,30-39H2,1-2H3,(H,56,57)/b22-18+,29-27+/t40-,43?,44-,45?,46?,47?,48?/m0/s1. The number of ether oxygens (including phenoxy) is 2. The predicted molar refractivity (Wildman–Crippen MR) is 244 cm³/mol. The van der Waals surface area contributed by atoms with Crippen LogP contribution in [-0.4, -0.2) is 98.3 Å². The van der Waals surface area contributed by atoms with Crippen molar-refractivity contribution in [1.29, 1.82) is 0 Å². The number of unbranched alkanes of at least 4 members (excludes halogenated alkanes) is 25. The monoisotopic (exact) mass is 905 g/mol. The highest BCUT2D eigenvalue weighted by Gasteiger charge is 2.51. The van der Waals surface area contributed by atoms with E-state index in [1.165, 1.54) is 128 Å². The van der Waals surface area contributed by atoms with Crippen molar-refractivity contribution in [2.45, 2.75) is 256 Å². The number of carbonyl (C=O) groups excluding carboxylic acids is 2. The second-order valence-electron chi connectivity index (χ2n) is 17.3. The van der Waals surface area contributed by atoms with Crippen LogP contribution >= 0.6 is 7.82 Å². The zero-order valence-corrected chi connectivity index (χ0v) is 39.6. The first-order chi connectivity index (χ1) is 29.9. The third-order valence-corrected chi connectivity index (χ3v) is 12.5. The molecule has 8 atom stereocenters. The van der Waals surface area contributed by atoms with Gasteiger partial charge in [-0.3, -0.25) is 18.6 Å². The summed E-state index contributed by atoms with van der Waals surface area (Å²) in [5.41, 5.74) is 0. The summed E-state index contributed by atoms with van der Waals surface area (Å²) in [6, 6.07) is 0. The molecule has 0 aromatic heterocycles. The van der Waals surface area contributed by atoms with Crippen LogP contribution in [0.15, 0.2) is 24.3 Å². The summed E-state index contributed by atoms with van der Waals surface area (Å²) in [5, 5.41) is 50.2. The number of phosphoric ester groups is 1. The van der Waals surface area contributed by atoms with Crippen molar-refractivity contribution in [3.8, 4) is 0 Å². The van der Waals surface area contributed by atoms with Crippen LogP contribution in [0, 0.1) is 0 Å². The van der Waals surface area contributed by atoms with Gasteiger partial charge in [0.2, 0.25) is 0 Å². The maximum absolute atomic E-state index is 12.8. The number of carbonyl (C=O) groups is 2. The Hall–Kier alpha value is -1.67. The van der Waals surface area contributed by atoms with Crippen LogP contribution in [0.1, 0.15) is 213 Å². The first-order valence-electron chi connectivity index (χ1n) is 24.6. The number of aliphatic hydroxyl groups excluding tert-OH is 5. The minimum absolute atomic E-state index is 0.0571. The largest absolute Gasteiger partial charge is 0.472 e. The van der Waals surface area contributed by atoms with Gasteiger partial charge in [0.05, 0.1) is 6.61 Å². The zero-order chi connectivity index (χ0) is 45.7. The van der Waals surface area contributed by atoms with Crippen LogP contribution in [-0.2, 0) is 32.7 Å². The van der Waals surface area contributed by atoms with E-state index in [9.17, 15) is 44.6 Å². The van der Waals surface area contributed by atoms with E-state index in [1.807, 2.05) is 0 Å². The Morgan fingerprint density at radius 3 is 1.34 bits per heavy atom. The lowest BCUT2D eigenvalue weighted by Gasteiger charge is -2.41. The van der Waals surface area contributed by atoms with E-state index in [-0.39, 0.29) is 12.8 Å². The molecule has 0 aliphatic heterocycles. The van der Waals surface area contributed by atoms with E-state index in [4.69, 9.17) is 18.5 Å². The van der Waals surface area contributed by atoms with Crippen LogP contribution in [0.4, 0.5) is 0 Å². The molecular formula is C48H89O13P. The van der Waals surface area contributed by atoms with Crippen molar-refractivity contribution >= 4 is 19.8 Å². The molecule has 0 bridgehead atoms. The summed E-state index contributed by atoms with van der Waals surface area (Å²) in [6.07, 6.45) is 29.5. The third-order valence-electron chi connectivity index (χ3n) is 11.5. The lowest BCUT2D eigenvalue weighted by molar-refractivity contribution is -0.220. The molecule has 0 aromatic rings. The first kappa shape index (κ1) is 58.3. The fourth-order valence-electron chi connectivity index (χ4n) is 7.55. The fourth-order valence-corrected chi connectivity index (χ4v) is 8.53. The van der Waals surface area contributed by atoms with Crippen LogP contribution in [0.25, 0.3) is 0 Å². The SMILES string of the molecule is CCCCCCCC/C=C/C/C=C/CCCCC(=O)O[C@@H](COC(=O)CCCCCCCCCCCCCCCCCCCC)COP(=O)(O)OC1C(O)C(O)C(O)[C@H](O)C1O. The van der Waals surface area contributed by atoms with E-state index in [1.54, 1.807) is 0 Å². The van der Waals surface area contributed by atoms with Gasteiger partial charge in [0.25, 0.3) is 0 Å². The number of esters is 2. The highest BCUT2D eigenvalue weighted by Crippen LogP contribution is 2.47. The van der Waals surface area contributed by atoms with Gasteiger partial charge >= 0.3 is 19.8 Å². The number of phosphoric acid groups is 1. The molecule has 6 N–H and O–H groups in total. The van der Waals surface area contributed by atoms with Gasteiger partial charge in [0, 0.05) is 12.8 Å². The summed E-state index contributed by atoms with van der Waals surface area (Å²) in [5.74, 6) is -1.13. The summed E-state index contributed by atoms with van der Waals surface area (Å²) in [7, 11) is -5.12.